The number of carbonyl (C=O) groups excluding carboxylic acids is 1. The Morgan fingerprint density at radius 2 is 2.05 bits per heavy atom. The average molecular weight is 329 g/mol. The molecule has 1 aliphatic rings. The van der Waals surface area contributed by atoms with Crippen LogP contribution in [0, 0.1) is 5.41 Å². The minimum absolute atomic E-state index is 0.0724. The number of benzene rings is 1. The first-order valence-electron chi connectivity index (χ1n) is 6.10. The van der Waals surface area contributed by atoms with Crippen molar-refractivity contribution in [2.75, 3.05) is 25.7 Å². The average Bonchev–Trinajstić information content (AvgIpc) is 2.41. The number of esters is 1. The molecule has 0 unspecified atom stereocenters. The molecule has 0 atom stereocenters. The van der Waals surface area contributed by atoms with Gasteiger partial charge in [0.05, 0.1) is 26.7 Å². The molecule has 0 N–H and O–H groups in total. The van der Waals surface area contributed by atoms with E-state index >= 15 is 0 Å². The second kappa shape index (κ2) is 6.39. The lowest BCUT2D eigenvalue weighted by molar-refractivity contribution is -0.159. The molecule has 104 valence electrons. The van der Waals surface area contributed by atoms with Gasteiger partial charge in [0.25, 0.3) is 0 Å². The molecule has 1 aromatic rings. The maximum atomic E-state index is 11.8. The van der Waals surface area contributed by atoms with E-state index in [2.05, 4.69) is 15.9 Å². The Balaban J connectivity index is 1.79. The van der Waals surface area contributed by atoms with Crippen molar-refractivity contribution in [3.8, 4) is 5.75 Å². The monoisotopic (exact) mass is 328 g/mol. The molecule has 1 fully saturated rings. The molecule has 0 aliphatic carbocycles. The number of hydrogen-bond acceptors (Lipinski definition) is 4. The normalized spacial score (nSPS) is 16.5. The largest absolute Gasteiger partial charge is 0.497 e. The number of rotatable bonds is 6. The van der Waals surface area contributed by atoms with Gasteiger partial charge in [-0.3, -0.25) is 4.79 Å². The topological polar surface area (TPSA) is 44.8 Å². The molecule has 1 aliphatic heterocycles. The molecule has 0 spiro atoms. The smallest absolute Gasteiger partial charge is 0.306 e. The number of hydrogen-bond donors (Lipinski definition) is 0. The van der Waals surface area contributed by atoms with E-state index in [0.29, 0.717) is 26.2 Å². The Kier molecular flexibility index (Phi) is 4.82. The lowest BCUT2D eigenvalue weighted by Crippen LogP contribution is -2.45. The minimum atomic E-state index is -0.182. The molecule has 0 radical (unpaired) electrons. The predicted octanol–water partition coefficient (Wildman–Crippen LogP) is 2.54. The molecule has 0 bridgehead atoms. The summed E-state index contributed by atoms with van der Waals surface area (Å²) in [6, 6.07) is 7.48. The Hall–Kier alpha value is -1.07. The summed E-state index contributed by atoms with van der Waals surface area (Å²) in [7, 11) is 1.62. The van der Waals surface area contributed by atoms with Crippen LogP contribution in [0.1, 0.15) is 12.0 Å². The van der Waals surface area contributed by atoms with Gasteiger partial charge < -0.3 is 14.2 Å². The van der Waals surface area contributed by atoms with Crippen LogP contribution in [0.2, 0.25) is 0 Å². The van der Waals surface area contributed by atoms with Gasteiger partial charge in [-0.25, -0.2) is 0 Å². The van der Waals surface area contributed by atoms with Crippen LogP contribution in [-0.4, -0.2) is 31.6 Å². The zero-order chi connectivity index (χ0) is 13.7. The highest BCUT2D eigenvalue weighted by Gasteiger charge is 2.40. The van der Waals surface area contributed by atoms with Gasteiger partial charge in [0.2, 0.25) is 0 Å². The van der Waals surface area contributed by atoms with Crippen molar-refractivity contribution in [3.63, 3.8) is 0 Å². The van der Waals surface area contributed by atoms with Crippen molar-refractivity contribution in [2.24, 2.45) is 5.41 Å². The van der Waals surface area contributed by atoms with Crippen LogP contribution < -0.4 is 4.74 Å². The van der Waals surface area contributed by atoms with Gasteiger partial charge in [-0.1, -0.05) is 28.1 Å². The van der Waals surface area contributed by atoms with Crippen molar-refractivity contribution in [1.82, 2.24) is 0 Å². The number of halogens is 1. The van der Waals surface area contributed by atoms with Crippen molar-refractivity contribution < 1.29 is 19.0 Å². The van der Waals surface area contributed by atoms with Crippen LogP contribution in [0.3, 0.4) is 0 Å². The molecule has 1 aromatic carbocycles. The lowest BCUT2D eigenvalue weighted by Gasteiger charge is -2.39. The first-order valence-corrected chi connectivity index (χ1v) is 7.22. The first kappa shape index (κ1) is 14.3. The van der Waals surface area contributed by atoms with Gasteiger partial charge in [-0.2, -0.15) is 0 Å². The van der Waals surface area contributed by atoms with Gasteiger partial charge in [0.15, 0.2) is 0 Å². The number of methoxy groups -OCH3 is 1. The van der Waals surface area contributed by atoms with Crippen LogP contribution in [0.5, 0.6) is 5.75 Å². The van der Waals surface area contributed by atoms with Crippen molar-refractivity contribution in [1.29, 1.82) is 0 Å². The minimum Gasteiger partial charge on any atom is -0.497 e. The summed E-state index contributed by atoms with van der Waals surface area (Å²) in [5.41, 5.74) is 0.878. The van der Waals surface area contributed by atoms with E-state index in [1.54, 1.807) is 7.11 Å². The molecule has 5 heteroatoms. The zero-order valence-corrected chi connectivity index (χ0v) is 12.4. The van der Waals surface area contributed by atoms with Gasteiger partial charge in [-0.15, -0.1) is 0 Å². The number of carbonyl (C=O) groups is 1. The summed E-state index contributed by atoms with van der Waals surface area (Å²) >= 11 is 3.42. The number of alkyl halides is 1. The van der Waals surface area contributed by atoms with E-state index in [9.17, 15) is 4.79 Å². The number of ether oxygens (including phenoxy) is 3. The van der Waals surface area contributed by atoms with E-state index in [1.807, 2.05) is 24.3 Å². The van der Waals surface area contributed by atoms with E-state index in [0.717, 1.165) is 16.6 Å². The van der Waals surface area contributed by atoms with Crippen LogP contribution in [-0.2, 0) is 20.9 Å². The molecule has 0 aromatic heterocycles. The van der Waals surface area contributed by atoms with Gasteiger partial charge in [-0.05, 0) is 17.7 Å². The second-order valence-electron chi connectivity index (χ2n) is 4.81. The Labute approximate surface area is 121 Å². The molecule has 1 heterocycles. The molecule has 19 heavy (non-hydrogen) atoms. The third-order valence-electron chi connectivity index (χ3n) is 3.18. The fourth-order valence-electron chi connectivity index (χ4n) is 1.86. The Bertz CT molecular complexity index is 420. The first-order chi connectivity index (χ1) is 9.17. The van der Waals surface area contributed by atoms with Crippen LogP contribution in [0.25, 0.3) is 0 Å². The van der Waals surface area contributed by atoms with E-state index in [4.69, 9.17) is 14.2 Å². The Morgan fingerprint density at radius 3 is 2.53 bits per heavy atom. The van der Waals surface area contributed by atoms with Gasteiger partial charge in [0, 0.05) is 10.7 Å². The van der Waals surface area contributed by atoms with Gasteiger partial charge in [0.1, 0.15) is 12.4 Å². The summed E-state index contributed by atoms with van der Waals surface area (Å²) < 4.78 is 15.5. The molecular weight excluding hydrogens is 312 g/mol. The maximum Gasteiger partial charge on any atom is 0.306 e. The summed E-state index contributed by atoms with van der Waals surface area (Å²) in [5.74, 6) is 0.610. The fourth-order valence-corrected chi connectivity index (χ4v) is 2.38. The third kappa shape index (κ3) is 3.70. The van der Waals surface area contributed by atoms with Gasteiger partial charge >= 0.3 is 5.97 Å². The summed E-state index contributed by atoms with van der Waals surface area (Å²) in [6.45, 7) is 1.54. The van der Waals surface area contributed by atoms with E-state index < -0.39 is 0 Å². The highest BCUT2D eigenvalue weighted by atomic mass is 79.9. The Morgan fingerprint density at radius 1 is 1.37 bits per heavy atom. The van der Waals surface area contributed by atoms with Crippen LogP contribution in [0.4, 0.5) is 0 Å². The van der Waals surface area contributed by atoms with Crippen LogP contribution in [0.15, 0.2) is 24.3 Å². The molecule has 0 saturated carbocycles. The molecule has 1 saturated heterocycles. The zero-order valence-electron chi connectivity index (χ0n) is 10.9. The molecular formula is C14H17BrO4. The van der Waals surface area contributed by atoms with E-state index in [1.165, 1.54) is 0 Å². The van der Waals surface area contributed by atoms with Crippen molar-refractivity contribution >= 4 is 21.9 Å². The molecule has 2 rings (SSSR count). The standard InChI is InChI=1S/C14H17BrO4/c1-17-12-4-2-11(3-5-12)7-19-13(16)6-14(8-15)9-18-10-14/h2-5H,6-10H2,1H3. The molecule has 0 amide bonds. The summed E-state index contributed by atoms with van der Waals surface area (Å²) in [5, 5.41) is 0.762. The third-order valence-corrected chi connectivity index (χ3v) is 4.37. The highest BCUT2D eigenvalue weighted by molar-refractivity contribution is 9.09. The predicted molar refractivity (Wildman–Crippen MR) is 74.5 cm³/mol. The quantitative estimate of drug-likeness (QED) is 0.594. The lowest BCUT2D eigenvalue weighted by atomic mass is 9.85. The van der Waals surface area contributed by atoms with Crippen molar-refractivity contribution in [3.05, 3.63) is 29.8 Å². The van der Waals surface area contributed by atoms with Crippen LogP contribution >= 0.6 is 15.9 Å². The molecule has 4 nitrogen and oxygen atoms in total. The fraction of sp³-hybridized carbons (Fsp3) is 0.500. The summed E-state index contributed by atoms with van der Waals surface area (Å²) in [6.07, 6.45) is 0.397. The maximum absolute atomic E-state index is 11.8. The van der Waals surface area contributed by atoms with E-state index in [-0.39, 0.29) is 11.4 Å². The SMILES string of the molecule is COc1ccc(COC(=O)CC2(CBr)COC2)cc1. The summed E-state index contributed by atoms with van der Waals surface area (Å²) in [4.78, 5) is 11.8. The highest BCUT2D eigenvalue weighted by Crippen LogP contribution is 2.33. The second-order valence-corrected chi connectivity index (χ2v) is 5.37. The van der Waals surface area contributed by atoms with Crippen molar-refractivity contribution in [2.45, 2.75) is 13.0 Å².